The lowest BCUT2D eigenvalue weighted by molar-refractivity contribution is 0.0711. The molecule has 0 saturated heterocycles. The molecule has 0 aromatic carbocycles. The highest BCUT2D eigenvalue weighted by atomic mass is 16.3. The molecule has 2 rings (SSSR count). The van der Waals surface area contributed by atoms with Gasteiger partial charge in [-0.1, -0.05) is 12.8 Å². The van der Waals surface area contributed by atoms with Crippen molar-refractivity contribution in [2.75, 3.05) is 0 Å². The van der Waals surface area contributed by atoms with Gasteiger partial charge in [-0.2, -0.15) is 0 Å². The van der Waals surface area contributed by atoms with E-state index >= 15 is 0 Å². The number of hydrogen-bond donors (Lipinski definition) is 2. The van der Waals surface area contributed by atoms with E-state index in [1.807, 2.05) is 19.3 Å². The van der Waals surface area contributed by atoms with E-state index in [4.69, 9.17) is 0 Å². The van der Waals surface area contributed by atoms with Gasteiger partial charge in [-0.15, -0.1) is 0 Å². The SMILES string of the molecule is Cn1cccc1C(=O)N[C@H]1CCCC[C@@H]1O. The van der Waals surface area contributed by atoms with E-state index in [0.29, 0.717) is 5.69 Å². The number of nitrogens with zero attached hydrogens (tertiary/aromatic N) is 1. The minimum absolute atomic E-state index is 0.0869. The fourth-order valence-corrected chi connectivity index (χ4v) is 2.22. The van der Waals surface area contributed by atoms with Crippen molar-refractivity contribution in [3.8, 4) is 0 Å². The molecule has 1 amide bonds. The van der Waals surface area contributed by atoms with Crippen LogP contribution in [-0.4, -0.2) is 27.7 Å². The zero-order valence-electron chi connectivity index (χ0n) is 9.52. The lowest BCUT2D eigenvalue weighted by Crippen LogP contribution is -2.45. The summed E-state index contributed by atoms with van der Waals surface area (Å²) in [4.78, 5) is 11.9. The predicted octanol–water partition coefficient (Wildman–Crippen LogP) is 1.06. The zero-order valence-corrected chi connectivity index (χ0v) is 9.52. The minimum Gasteiger partial charge on any atom is -0.391 e. The van der Waals surface area contributed by atoms with Gasteiger partial charge in [-0.25, -0.2) is 0 Å². The number of carbonyl (C=O) groups excluding carboxylic acids is 1. The predicted molar refractivity (Wildman–Crippen MR) is 61.1 cm³/mol. The largest absolute Gasteiger partial charge is 0.391 e. The van der Waals surface area contributed by atoms with Crippen LogP contribution in [0.15, 0.2) is 18.3 Å². The average Bonchev–Trinajstić information content (AvgIpc) is 2.68. The molecule has 1 aliphatic rings. The first-order valence-corrected chi connectivity index (χ1v) is 5.79. The number of amides is 1. The first kappa shape index (κ1) is 11.2. The average molecular weight is 222 g/mol. The Labute approximate surface area is 95.3 Å². The van der Waals surface area contributed by atoms with Crippen molar-refractivity contribution >= 4 is 5.91 Å². The molecule has 88 valence electrons. The number of rotatable bonds is 2. The standard InChI is InChI=1S/C12H18N2O2/c1-14-8-4-6-10(14)12(16)13-9-5-2-3-7-11(9)15/h4,6,8-9,11,15H,2-3,5,7H2,1H3,(H,13,16)/t9-,11-/m0/s1. The van der Waals surface area contributed by atoms with Crippen molar-refractivity contribution in [2.45, 2.75) is 37.8 Å². The maximum absolute atomic E-state index is 11.9. The van der Waals surface area contributed by atoms with E-state index in [1.54, 1.807) is 10.6 Å². The van der Waals surface area contributed by atoms with Crippen LogP contribution in [0.1, 0.15) is 36.2 Å². The Bertz CT molecular complexity index is 373. The lowest BCUT2D eigenvalue weighted by Gasteiger charge is -2.28. The summed E-state index contributed by atoms with van der Waals surface area (Å²) in [5, 5.41) is 12.7. The molecule has 2 N–H and O–H groups in total. The second-order valence-electron chi connectivity index (χ2n) is 4.44. The van der Waals surface area contributed by atoms with Gasteiger partial charge >= 0.3 is 0 Å². The number of nitrogens with one attached hydrogen (secondary N) is 1. The molecule has 1 fully saturated rings. The molecule has 16 heavy (non-hydrogen) atoms. The molecule has 4 nitrogen and oxygen atoms in total. The molecular weight excluding hydrogens is 204 g/mol. The molecule has 0 bridgehead atoms. The molecule has 2 atom stereocenters. The van der Waals surface area contributed by atoms with Crippen LogP contribution in [-0.2, 0) is 7.05 Å². The van der Waals surface area contributed by atoms with Crippen molar-refractivity contribution in [1.29, 1.82) is 0 Å². The van der Waals surface area contributed by atoms with Gasteiger partial charge in [0.05, 0.1) is 12.1 Å². The second kappa shape index (κ2) is 4.70. The number of aryl methyl sites for hydroxylation is 1. The van der Waals surface area contributed by atoms with Gasteiger partial charge in [-0.05, 0) is 25.0 Å². The van der Waals surface area contributed by atoms with Crippen molar-refractivity contribution in [1.82, 2.24) is 9.88 Å². The first-order chi connectivity index (χ1) is 7.68. The summed E-state index contributed by atoms with van der Waals surface area (Å²) in [5.74, 6) is -0.0987. The van der Waals surface area contributed by atoms with Gasteiger partial charge in [0.25, 0.3) is 5.91 Å². The quantitative estimate of drug-likeness (QED) is 0.786. The normalized spacial score (nSPS) is 25.4. The molecule has 1 aromatic heterocycles. The molecule has 0 unspecified atom stereocenters. The summed E-state index contributed by atoms with van der Waals surface area (Å²) < 4.78 is 1.78. The summed E-state index contributed by atoms with van der Waals surface area (Å²) >= 11 is 0. The third-order valence-corrected chi connectivity index (χ3v) is 3.22. The smallest absolute Gasteiger partial charge is 0.268 e. The zero-order chi connectivity index (χ0) is 11.5. The molecule has 1 heterocycles. The Kier molecular flexibility index (Phi) is 3.29. The van der Waals surface area contributed by atoms with Crippen LogP contribution in [0.5, 0.6) is 0 Å². The van der Waals surface area contributed by atoms with Crippen molar-refractivity contribution in [2.24, 2.45) is 7.05 Å². The second-order valence-corrected chi connectivity index (χ2v) is 4.44. The van der Waals surface area contributed by atoms with Crippen LogP contribution in [0.3, 0.4) is 0 Å². The number of carbonyl (C=O) groups is 1. The Morgan fingerprint density at radius 1 is 1.50 bits per heavy atom. The van der Waals surface area contributed by atoms with Crippen molar-refractivity contribution in [3.63, 3.8) is 0 Å². The van der Waals surface area contributed by atoms with Gasteiger partial charge in [-0.3, -0.25) is 4.79 Å². The van der Waals surface area contributed by atoms with Crippen LogP contribution in [0.25, 0.3) is 0 Å². The highest BCUT2D eigenvalue weighted by Gasteiger charge is 2.25. The molecular formula is C12H18N2O2. The van der Waals surface area contributed by atoms with Gasteiger partial charge < -0.3 is 15.0 Å². The number of hydrogen-bond acceptors (Lipinski definition) is 2. The Hall–Kier alpha value is -1.29. The Balaban J connectivity index is 1.99. The van der Waals surface area contributed by atoms with Gasteiger partial charge in [0.2, 0.25) is 0 Å². The highest BCUT2D eigenvalue weighted by Crippen LogP contribution is 2.18. The van der Waals surface area contributed by atoms with Crippen LogP contribution >= 0.6 is 0 Å². The fourth-order valence-electron chi connectivity index (χ4n) is 2.22. The van der Waals surface area contributed by atoms with Crippen molar-refractivity contribution < 1.29 is 9.90 Å². The van der Waals surface area contributed by atoms with Gasteiger partial charge in [0.15, 0.2) is 0 Å². The van der Waals surface area contributed by atoms with Crippen LogP contribution in [0, 0.1) is 0 Å². The van der Waals surface area contributed by atoms with E-state index in [1.165, 1.54) is 0 Å². The van der Waals surface area contributed by atoms with E-state index in [-0.39, 0.29) is 11.9 Å². The van der Waals surface area contributed by atoms with E-state index in [0.717, 1.165) is 25.7 Å². The third-order valence-electron chi connectivity index (χ3n) is 3.22. The minimum atomic E-state index is -0.391. The van der Waals surface area contributed by atoms with E-state index < -0.39 is 6.10 Å². The van der Waals surface area contributed by atoms with E-state index in [2.05, 4.69) is 5.32 Å². The number of aliphatic hydroxyl groups excluding tert-OH is 1. The molecule has 0 radical (unpaired) electrons. The number of aliphatic hydroxyl groups is 1. The molecule has 4 heteroatoms. The lowest BCUT2D eigenvalue weighted by atomic mass is 9.92. The fraction of sp³-hybridized carbons (Fsp3) is 0.583. The Morgan fingerprint density at radius 3 is 2.88 bits per heavy atom. The van der Waals surface area contributed by atoms with Crippen LogP contribution in [0.4, 0.5) is 0 Å². The summed E-state index contributed by atoms with van der Waals surface area (Å²) in [6.45, 7) is 0. The summed E-state index contributed by atoms with van der Waals surface area (Å²) in [5.41, 5.74) is 0.637. The monoisotopic (exact) mass is 222 g/mol. The summed E-state index contributed by atoms with van der Waals surface area (Å²) in [6, 6.07) is 3.53. The molecule has 1 saturated carbocycles. The topological polar surface area (TPSA) is 54.3 Å². The van der Waals surface area contributed by atoms with Crippen LogP contribution in [0.2, 0.25) is 0 Å². The van der Waals surface area contributed by atoms with Gasteiger partial charge in [0, 0.05) is 13.2 Å². The van der Waals surface area contributed by atoms with Gasteiger partial charge in [0.1, 0.15) is 5.69 Å². The molecule has 0 spiro atoms. The third kappa shape index (κ3) is 2.27. The molecule has 0 aliphatic heterocycles. The van der Waals surface area contributed by atoms with Crippen LogP contribution < -0.4 is 5.32 Å². The summed E-state index contributed by atoms with van der Waals surface area (Å²) in [6.07, 6.45) is 5.24. The van der Waals surface area contributed by atoms with Crippen molar-refractivity contribution in [3.05, 3.63) is 24.0 Å². The molecule has 1 aromatic rings. The summed E-state index contributed by atoms with van der Waals surface area (Å²) in [7, 11) is 1.84. The maximum atomic E-state index is 11.9. The highest BCUT2D eigenvalue weighted by molar-refractivity contribution is 5.92. The Morgan fingerprint density at radius 2 is 2.25 bits per heavy atom. The van der Waals surface area contributed by atoms with E-state index in [9.17, 15) is 9.90 Å². The first-order valence-electron chi connectivity index (χ1n) is 5.79. The molecule has 1 aliphatic carbocycles. The number of aromatic nitrogens is 1. The maximum Gasteiger partial charge on any atom is 0.268 e.